The molecule has 8 nitrogen and oxygen atoms in total. The Labute approximate surface area is 128 Å². The first kappa shape index (κ1) is 19.5. The molecule has 0 unspecified atom stereocenters. The SMILES string of the molecule is O=P(O)(O)C(O)(CCNCCCc1ccccc1)P(=O)(O)O. The van der Waals surface area contributed by atoms with Crippen molar-refractivity contribution in [1.29, 1.82) is 0 Å². The summed E-state index contributed by atoms with van der Waals surface area (Å²) in [4.78, 5) is 35.9. The van der Waals surface area contributed by atoms with Gasteiger partial charge < -0.3 is 30.0 Å². The molecule has 0 amide bonds. The third-order valence-corrected chi connectivity index (χ3v) is 7.11. The molecule has 0 heterocycles. The number of hydrogen-bond donors (Lipinski definition) is 6. The van der Waals surface area contributed by atoms with Crippen LogP contribution in [0.15, 0.2) is 30.3 Å². The first-order valence-electron chi connectivity index (χ1n) is 6.66. The summed E-state index contributed by atoms with van der Waals surface area (Å²) in [5.41, 5.74) is 1.14. The molecule has 0 aliphatic carbocycles. The molecule has 0 saturated heterocycles. The van der Waals surface area contributed by atoms with Gasteiger partial charge in [0, 0.05) is 6.42 Å². The number of rotatable bonds is 9. The fraction of sp³-hybridized carbons (Fsp3) is 0.500. The molecule has 22 heavy (non-hydrogen) atoms. The Kier molecular flexibility index (Phi) is 6.92. The Bertz CT molecular complexity index is 532. The summed E-state index contributed by atoms with van der Waals surface area (Å²) >= 11 is 0. The summed E-state index contributed by atoms with van der Waals surface area (Å²) in [7, 11) is -10.7. The lowest BCUT2D eigenvalue weighted by Gasteiger charge is -2.29. The van der Waals surface area contributed by atoms with Crippen LogP contribution < -0.4 is 5.32 Å². The highest BCUT2D eigenvalue weighted by atomic mass is 31.2. The number of benzene rings is 1. The summed E-state index contributed by atoms with van der Waals surface area (Å²) in [5.74, 6) is 0. The molecule has 1 rings (SSSR count). The van der Waals surface area contributed by atoms with E-state index >= 15 is 0 Å². The molecule has 6 N–H and O–H groups in total. The lowest BCUT2D eigenvalue weighted by molar-refractivity contribution is 0.123. The molecule has 0 atom stereocenters. The van der Waals surface area contributed by atoms with E-state index in [2.05, 4.69) is 5.32 Å². The second kappa shape index (κ2) is 7.81. The fourth-order valence-corrected chi connectivity index (χ4v) is 4.07. The fourth-order valence-electron chi connectivity index (χ4n) is 1.90. The minimum Gasteiger partial charge on any atom is -0.367 e. The van der Waals surface area contributed by atoms with E-state index in [4.69, 9.17) is 19.6 Å². The first-order valence-corrected chi connectivity index (χ1v) is 9.89. The Morgan fingerprint density at radius 2 is 1.50 bits per heavy atom. The van der Waals surface area contributed by atoms with E-state index in [-0.39, 0.29) is 6.54 Å². The lowest BCUT2D eigenvalue weighted by Crippen LogP contribution is -2.33. The average Bonchev–Trinajstić information content (AvgIpc) is 2.41. The normalized spacial score (nSPS) is 13.3. The third kappa shape index (κ3) is 5.26. The molecule has 0 fully saturated rings. The molecule has 0 aliphatic rings. The highest BCUT2D eigenvalue weighted by molar-refractivity contribution is 7.72. The summed E-state index contributed by atoms with van der Waals surface area (Å²) in [6.45, 7) is 0.370. The van der Waals surface area contributed by atoms with Gasteiger partial charge in [-0.2, -0.15) is 0 Å². The molecule has 0 aliphatic heterocycles. The Balaban J connectivity index is 2.39. The van der Waals surface area contributed by atoms with E-state index in [9.17, 15) is 14.2 Å². The minimum absolute atomic E-state index is 0.124. The highest BCUT2D eigenvalue weighted by Gasteiger charge is 2.58. The van der Waals surface area contributed by atoms with Gasteiger partial charge in [-0.3, -0.25) is 9.13 Å². The predicted octanol–water partition coefficient (Wildman–Crippen LogP) is 0.600. The molecule has 0 spiro atoms. The van der Waals surface area contributed by atoms with Gasteiger partial charge >= 0.3 is 15.2 Å². The van der Waals surface area contributed by atoms with Gasteiger partial charge in [0.25, 0.3) is 5.08 Å². The quantitative estimate of drug-likeness (QED) is 0.279. The average molecular weight is 353 g/mol. The monoisotopic (exact) mass is 353 g/mol. The molecule has 0 bridgehead atoms. The Hall–Kier alpha value is -0.560. The Morgan fingerprint density at radius 3 is 2.00 bits per heavy atom. The zero-order chi connectivity index (χ0) is 16.9. The smallest absolute Gasteiger partial charge is 0.367 e. The van der Waals surface area contributed by atoms with Gasteiger partial charge in [0.15, 0.2) is 0 Å². The van der Waals surface area contributed by atoms with Crippen molar-refractivity contribution in [2.24, 2.45) is 0 Å². The topological polar surface area (TPSA) is 147 Å². The van der Waals surface area contributed by atoms with Crippen LogP contribution in [-0.2, 0) is 15.6 Å². The van der Waals surface area contributed by atoms with E-state index in [1.165, 1.54) is 0 Å². The predicted molar refractivity (Wildman–Crippen MR) is 81.3 cm³/mol. The molecule has 0 saturated carbocycles. The molecule has 10 heteroatoms. The molecule has 0 radical (unpaired) electrons. The van der Waals surface area contributed by atoms with E-state index in [0.717, 1.165) is 18.4 Å². The van der Waals surface area contributed by atoms with Crippen LogP contribution in [-0.4, -0.2) is 42.9 Å². The minimum atomic E-state index is -5.36. The second-order valence-corrected chi connectivity index (χ2v) is 8.96. The zero-order valence-electron chi connectivity index (χ0n) is 11.9. The van der Waals surface area contributed by atoms with Crippen molar-refractivity contribution in [3.63, 3.8) is 0 Å². The van der Waals surface area contributed by atoms with Crippen LogP contribution in [0.3, 0.4) is 0 Å². The van der Waals surface area contributed by atoms with E-state index in [1.54, 1.807) is 0 Å². The van der Waals surface area contributed by atoms with E-state index < -0.39 is 26.7 Å². The highest BCUT2D eigenvalue weighted by Crippen LogP contribution is 2.68. The van der Waals surface area contributed by atoms with Crippen molar-refractivity contribution < 1.29 is 33.8 Å². The number of hydrogen-bond acceptors (Lipinski definition) is 4. The third-order valence-electron chi connectivity index (χ3n) is 3.23. The van der Waals surface area contributed by atoms with Crippen LogP contribution in [0.5, 0.6) is 0 Å². The van der Waals surface area contributed by atoms with Gasteiger partial charge in [-0.25, -0.2) is 0 Å². The van der Waals surface area contributed by atoms with Gasteiger partial charge in [0.1, 0.15) is 0 Å². The van der Waals surface area contributed by atoms with Gasteiger partial charge in [-0.1, -0.05) is 30.3 Å². The van der Waals surface area contributed by atoms with Crippen molar-refractivity contribution in [2.45, 2.75) is 24.3 Å². The van der Waals surface area contributed by atoms with Crippen molar-refractivity contribution >= 4 is 15.2 Å². The van der Waals surface area contributed by atoms with Crippen molar-refractivity contribution in [3.8, 4) is 0 Å². The molecular formula is C12H21NO7P2. The van der Waals surface area contributed by atoms with Crippen LogP contribution in [0.25, 0.3) is 0 Å². The number of nitrogens with one attached hydrogen (secondary N) is 1. The van der Waals surface area contributed by atoms with Gasteiger partial charge in [0.05, 0.1) is 0 Å². The standard InChI is InChI=1S/C12H21NO7P2/c14-12(21(15,16)17,22(18,19)20)8-10-13-9-4-7-11-5-2-1-3-6-11/h1-3,5-6,13-14H,4,7-10H2,(H2,15,16,17)(H2,18,19,20). The van der Waals surface area contributed by atoms with Crippen LogP contribution in [0, 0.1) is 0 Å². The van der Waals surface area contributed by atoms with E-state index in [0.29, 0.717) is 6.54 Å². The summed E-state index contributed by atoms with van der Waals surface area (Å²) in [6, 6.07) is 9.69. The maximum atomic E-state index is 11.1. The molecule has 1 aromatic carbocycles. The number of aryl methyl sites for hydroxylation is 1. The van der Waals surface area contributed by atoms with Crippen LogP contribution >= 0.6 is 15.2 Å². The van der Waals surface area contributed by atoms with Crippen molar-refractivity contribution in [2.75, 3.05) is 13.1 Å². The molecule has 0 aromatic heterocycles. The van der Waals surface area contributed by atoms with Crippen LogP contribution in [0.4, 0.5) is 0 Å². The van der Waals surface area contributed by atoms with Crippen LogP contribution in [0.2, 0.25) is 0 Å². The summed E-state index contributed by atoms with van der Waals surface area (Å²) in [5, 5.41) is 9.12. The van der Waals surface area contributed by atoms with Crippen LogP contribution in [0.1, 0.15) is 18.4 Å². The van der Waals surface area contributed by atoms with Gasteiger partial charge in [-0.05, 0) is 31.5 Å². The largest absolute Gasteiger partial charge is 0.369 e. The first-order chi connectivity index (χ1) is 10.1. The molecule has 1 aromatic rings. The second-order valence-electron chi connectivity index (χ2n) is 4.95. The van der Waals surface area contributed by atoms with Gasteiger partial charge in [0.2, 0.25) is 0 Å². The number of aliphatic hydroxyl groups is 1. The van der Waals surface area contributed by atoms with Crippen molar-refractivity contribution in [1.82, 2.24) is 5.32 Å². The van der Waals surface area contributed by atoms with Crippen molar-refractivity contribution in [3.05, 3.63) is 35.9 Å². The lowest BCUT2D eigenvalue weighted by atomic mass is 10.1. The summed E-state index contributed by atoms with van der Waals surface area (Å²) in [6.07, 6.45) is 0.802. The summed E-state index contributed by atoms with van der Waals surface area (Å²) < 4.78 is 22.3. The van der Waals surface area contributed by atoms with E-state index in [1.807, 2.05) is 30.3 Å². The Morgan fingerprint density at radius 1 is 0.955 bits per heavy atom. The van der Waals surface area contributed by atoms with Gasteiger partial charge in [-0.15, -0.1) is 0 Å². The maximum absolute atomic E-state index is 11.1. The maximum Gasteiger partial charge on any atom is 0.369 e. The molecular weight excluding hydrogens is 332 g/mol. The molecule has 126 valence electrons. The zero-order valence-corrected chi connectivity index (χ0v) is 13.7.